The first kappa shape index (κ1) is 26.4. The molecule has 2 unspecified atom stereocenters. The molecule has 37 heavy (non-hydrogen) atoms. The molecule has 4 rings (SSSR count). The number of carbonyl (C=O) groups is 5. The van der Waals surface area contributed by atoms with Gasteiger partial charge in [0.15, 0.2) is 0 Å². The number of aliphatic carboxylic acids is 2. The average molecular weight is 551 g/mol. The van der Waals surface area contributed by atoms with E-state index in [1.54, 1.807) is 24.3 Å². The number of nitrogens with one attached hydrogen (secondary N) is 1. The molecular formula is C21H22N6O8S2. The van der Waals surface area contributed by atoms with Gasteiger partial charge in [-0.1, -0.05) is 11.8 Å². The van der Waals surface area contributed by atoms with Gasteiger partial charge in [-0.25, -0.2) is 0 Å². The second-order valence-electron chi connectivity index (χ2n) is 8.30. The topological polar surface area (TPSA) is 209 Å². The third kappa shape index (κ3) is 5.26. The summed E-state index contributed by atoms with van der Waals surface area (Å²) in [6.07, 6.45) is 0.0669. The number of hydrogen-bond donors (Lipinski definition) is 4. The summed E-state index contributed by atoms with van der Waals surface area (Å²) in [6.45, 7) is -0.426. The number of β-lactam (4-membered cyclic amide) rings is 1. The Morgan fingerprint density at radius 2 is 2.03 bits per heavy atom. The van der Waals surface area contributed by atoms with Crippen LogP contribution in [0.3, 0.4) is 0 Å². The van der Waals surface area contributed by atoms with Crippen molar-refractivity contribution >= 4 is 65.1 Å². The Morgan fingerprint density at radius 1 is 1.30 bits per heavy atom. The minimum Gasteiger partial charge on any atom is -0.481 e. The van der Waals surface area contributed by atoms with Crippen LogP contribution in [0.4, 0.5) is 11.4 Å². The van der Waals surface area contributed by atoms with E-state index in [0.717, 1.165) is 11.8 Å². The smallest absolute Gasteiger partial charge is 0.313 e. The Balaban J connectivity index is 1.49. The van der Waals surface area contributed by atoms with Crippen LogP contribution < -0.4 is 16.0 Å². The lowest BCUT2D eigenvalue weighted by atomic mass is 9.89. The van der Waals surface area contributed by atoms with Crippen LogP contribution >= 0.6 is 23.5 Å². The van der Waals surface area contributed by atoms with E-state index in [2.05, 4.69) is 15.5 Å². The molecule has 0 radical (unpaired) electrons. The molecule has 196 valence electrons. The Hall–Kier alpha value is -3.63. The minimum absolute atomic E-state index is 0.00183. The molecule has 14 nitrogen and oxygen atoms in total. The molecule has 0 saturated carbocycles. The fourth-order valence-corrected chi connectivity index (χ4v) is 6.71. The van der Waals surface area contributed by atoms with E-state index < -0.39 is 47.0 Å². The lowest BCUT2D eigenvalue weighted by Gasteiger charge is -2.56. The van der Waals surface area contributed by atoms with Crippen molar-refractivity contribution in [2.45, 2.75) is 23.1 Å². The molecule has 5 N–H and O–H groups in total. The Kier molecular flexibility index (Phi) is 7.70. The quantitative estimate of drug-likeness (QED) is 0.161. The van der Waals surface area contributed by atoms with Gasteiger partial charge in [0.1, 0.15) is 23.3 Å². The van der Waals surface area contributed by atoms with Gasteiger partial charge in [-0.05, 0) is 24.3 Å². The van der Waals surface area contributed by atoms with E-state index in [1.807, 2.05) is 0 Å². The fourth-order valence-electron chi connectivity index (χ4n) is 4.03. The number of aromatic nitrogens is 2. The molecule has 2 aliphatic heterocycles. The molecule has 3 atom stereocenters. The molecular weight excluding hydrogens is 528 g/mol. The summed E-state index contributed by atoms with van der Waals surface area (Å²) in [4.78, 5) is 62.4. The van der Waals surface area contributed by atoms with Gasteiger partial charge < -0.3 is 30.6 Å². The average Bonchev–Trinajstić information content (AvgIpc) is 3.32. The highest BCUT2D eigenvalue weighted by atomic mass is 32.2. The van der Waals surface area contributed by atoms with Crippen LogP contribution in [0.5, 0.6) is 0 Å². The van der Waals surface area contributed by atoms with E-state index in [9.17, 15) is 29.1 Å². The van der Waals surface area contributed by atoms with E-state index in [4.69, 9.17) is 15.3 Å². The van der Waals surface area contributed by atoms with Gasteiger partial charge in [-0.2, -0.15) is 0 Å². The number of hydrogen-bond acceptors (Lipinski definition) is 11. The number of thioether (sulfide) groups is 2. The van der Waals surface area contributed by atoms with Crippen LogP contribution in [-0.2, 0) is 30.4 Å². The summed E-state index contributed by atoms with van der Waals surface area (Å²) in [5.41, 5.74) is 5.20. The lowest BCUT2D eigenvalue weighted by molar-refractivity contribution is -0.156. The van der Waals surface area contributed by atoms with E-state index in [-0.39, 0.29) is 35.7 Å². The second kappa shape index (κ2) is 10.8. The van der Waals surface area contributed by atoms with E-state index >= 15 is 0 Å². The SMILES string of the molecule is NCC(=O)N(c1ccc(NC=O)cc1)C1C(=O)N2CC(CSc3nnc(CC(=O)O)o3)(C(=O)O)CS[C@H]12. The number of carbonyl (C=O) groups excluding carboxylic acids is 3. The molecule has 1 aromatic carbocycles. The van der Waals surface area contributed by atoms with Gasteiger partial charge in [-0.3, -0.25) is 28.9 Å². The van der Waals surface area contributed by atoms with Crippen LogP contribution in [0.15, 0.2) is 33.9 Å². The predicted octanol–water partition coefficient (Wildman–Crippen LogP) is -0.296. The van der Waals surface area contributed by atoms with Crippen molar-refractivity contribution in [1.82, 2.24) is 15.1 Å². The number of amides is 3. The number of carboxylic acids is 2. The Morgan fingerprint density at radius 3 is 2.65 bits per heavy atom. The zero-order valence-corrected chi connectivity index (χ0v) is 20.7. The number of anilines is 2. The van der Waals surface area contributed by atoms with Crippen LogP contribution in [0.1, 0.15) is 5.89 Å². The summed E-state index contributed by atoms with van der Waals surface area (Å²) in [7, 11) is 0. The molecule has 3 amide bonds. The molecule has 2 fully saturated rings. The fraction of sp³-hybridized carbons (Fsp3) is 0.381. The van der Waals surface area contributed by atoms with Gasteiger partial charge in [0.2, 0.25) is 24.1 Å². The standard InChI is InChI=1S/C21H22N6O8S2/c22-6-14(29)27(12-3-1-11(2-4-12)23-10-28)16-17(32)26-7-21(19(33)34,8-36-18(16)26)9-37-20-25-24-13(35-20)5-15(30)31/h1-4,10,16,18H,5-9,22H2,(H,23,28)(H,30,31)(H,33,34)/t16?,18-,21?/m1/s1. The summed E-state index contributed by atoms with van der Waals surface area (Å²) in [5, 5.41) is 28.3. The van der Waals surface area contributed by atoms with Gasteiger partial charge in [0, 0.05) is 29.4 Å². The highest BCUT2D eigenvalue weighted by Gasteiger charge is 2.59. The lowest BCUT2D eigenvalue weighted by Crippen LogP contribution is -2.75. The van der Waals surface area contributed by atoms with E-state index in [1.165, 1.54) is 21.6 Å². The highest BCUT2D eigenvalue weighted by Crippen LogP contribution is 2.46. The van der Waals surface area contributed by atoms with Gasteiger partial charge >= 0.3 is 11.9 Å². The normalized spacial score (nSPS) is 22.5. The molecule has 2 saturated heterocycles. The molecule has 2 aromatic rings. The van der Waals surface area contributed by atoms with Crippen molar-refractivity contribution in [3.63, 3.8) is 0 Å². The number of nitrogens with two attached hydrogens (primary N) is 1. The highest BCUT2D eigenvalue weighted by molar-refractivity contribution is 8.00. The van der Waals surface area contributed by atoms with Crippen LogP contribution in [0, 0.1) is 5.41 Å². The summed E-state index contributed by atoms with van der Waals surface area (Å²) >= 11 is 2.22. The van der Waals surface area contributed by atoms with Crippen molar-refractivity contribution < 1.29 is 38.6 Å². The van der Waals surface area contributed by atoms with Crippen molar-refractivity contribution in [2.75, 3.05) is 34.8 Å². The molecule has 2 aliphatic rings. The van der Waals surface area contributed by atoms with Crippen molar-refractivity contribution in [3.05, 3.63) is 30.2 Å². The minimum atomic E-state index is -1.33. The number of benzene rings is 1. The molecule has 0 aliphatic carbocycles. The van der Waals surface area contributed by atoms with Crippen molar-refractivity contribution in [2.24, 2.45) is 11.1 Å². The predicted molar refractivity (Wildman–Crippen MR) is 131 cm³/mol. The Bertz CT molecular complexity index is 1220. The third-order valence-electron chi connectivity index (χ3n) is 5.89. The molecule has 1 aromatic heterocycles. The van der Waals surface area contributed by atoms with Crippen LogP contribution in [-0.4, -0.2) is 91.5 Å². The van der Waals surface area contributed by atoms with Crippen molar-refractivity contribution in [1.29, 1.82) is 0 Å². The number of fused-ring (bicyclic) bond motifs is 1. The zero-order valence-electron chi connectivity index (χ0n) is 19.1. The van der Waals surface area contributed by atoms with Gasteiger partial charge in [0.25, 0.3) is 5.22 Å². The molecule has 0 bridgehead atoms. The first-order valence-corrected chi connectivity index (χ1v) is 12.9. The Labute approximate surface area is 217 Å². The zero-order chi connectivity index (χ0) is 26.7. The van der Waals surface area contributed by atoms with Crippen molar-refractivity contribution in [3.8, 4) is 0 Å². The molecule has 0 spiro atoms. The molecule has 16 heteroatoms. The van der Waals surface area contributed by atoms with E-state index in [0.29, 0.717) is 17.8 Å². The maximum Gasteiger partial charge on any atom is 0.313 e. The first-order valence-electron chi connectivity index (χ1n) is 10.8. The summed E-state index contributed by atoms with van der Waals surface area (Å²) in [6, 6.07) is 5.48. The summed E-state index contributed by atoms with van der Waals surface area (Å²) in [5.74, 6) is -3.09. The summed E-state index contributed by atoms with van der Waals surface area (Å²) < 4.78 is 5.25. The third-order valence-corrected chi connectivity index (χ3v) is 8.57. The van der Waals surface area contributed by atoms with Crippen LogP contribution in [0.2, 0.25) is 0 Å². The number of nitrogens with zero attached hydrogens (tertiary/aromatic N) is 4. The maximum absolute atomic E-state index is 13.2. The van der Waals surface area contributed by atoms with Gasteiger partial charge in [0.05, 0.1) is 6.54 Å². The number of carboxylic acid groups (broad SMARTS) is 2. The van der Waals surface area contributed by atoms with Crippen LogP contribution in [0.25, 0.3) is 0 Å². The largest absolute Gasteiger partial charge is 0.481 e. The van der Waals surface area contributed by atoms with Gasteiger partial charge in [-0.15, -0.1) is 22.0 Å². The molecule has 3 heterocycles. The number of rotatable bonds is 11. The monoisotopic (exact) mass is 550 g/mol. The first-order chi connectivity index (χ1) is 17.7. The maximum atomic E-state index is 13.2. The second-order valence-corrected chi connectivity index (χ2v) is 10.3.